The largest absolute Gasteiger partial charge is 0.416 e. The van der Waals surface area contributed by atoms with Crippen molar-refractivity contribution in [3.8, 4) is 5.69 Å². The van der Waals surface area contributed by atoms with E-state index in [-0.39, 0.29) is 10.6 Å². The van der Waals surface area contributed by atoms with E-state index in [2.05, 4.69) is 5.32 Å². The number of alkyl halides is 3. The summed E-state index contributed by atoms with van der Waals surface area (Å²) in [5.74, 6) is -1.42. The lowest BCUT2D eigenvalue weighted by Crippen LogP contribution is -2.36. The highest BCUT2D eigenvalue weighted by Gasteiger charge is 2.37. The Morgan fingerprint density at radius 3 is 2.37 bits per heavy atom. The summed E-state index contributed by atoms with van der Waals surface area (Å²) >= 11 is 0.711. The molecule has 0 bridgehead atoms. The van der Waals surface area contributed by atoms with Crippen LogP contribution in [0.3, 0.4) is 0 Å². The average molecular weight is 543 g/mol. The first kappa shape index (κ1) is 27.1. The number of nitrogens with one attached hydrogen (secondary N) is 1. The Hall–Kier alpha value is -3.99. The van der Waals surface area contributed by atoms with Gasteiger partial charge in [0.2, 0.25) is 5.91 Å². The highest BCUT2D eigenvalue weighted by Crippen LogP contribution is 2.34. The Labute approximate surface area is 221 Å². The molecular formula is C27H25F3N4O3S. The summed E-state index contributed by atoms with van der Waals surface area (Å²) in [5.41, 5.74) is 3.55. The number of carbonyl (C=O) groups excluding carboxylic acids is 3. The number of amides is 3. The number of anilines is 2. The highest BCUT2D eigenvalue weighted by molar-refractivity contribution is 8.18. The van der Waals surface area contributed by atoms with Gasteiger partial charge in [0.05, 0.1) is 10.5 Å². The van der Waals surface area contributed by atoms with Gasteiger partial charge in [0, 0.05) is 42.5 Å². The maximum absolute atomic E-state index is 12.9. The van der Waals surface area contributed by atoms with Crippen LogP contribution in [0.4, 0.5) is 29.3 Å². The lowest BCUT2D eigenvalue weighted by atomic mass is 10.2. The van der Waals surface area contributed by atoms with Gasteiger partial charge in [0.1, 0.15) is 6.54 Å². The fraction of sp³-hybridized carbons (Fsp3) is 0.222. The molecule has 1 N–H and O–H groups in total. The number of imide groups is 1. The molecule has 11 heteroatoms. The first-order valence-corrected chi connectivity index (χ1v) is 12.4. The molecule has 1 aliphatic heterocycles. The van der Waals surface area contributed by atoms with Gasteiger partial charge in [0.25, 0.3) is 11.1 Å². The molecule has 4 rings (SSSR count). The van der Waals surface area contributed by atoms with Crippen LogP contribution >= 0.6 is 11.8 Å². The fourth-order valence-electron chi connectivity index (χ4n) is 4.13. The molecule has 2 aromatic carbocycles. The summed E-state index contributed by atoms with van der Waals surface area (Å²) in [6.07, 6.45) is -2.95. The maximum atomic E-state index is 12.9. The molecule has 0 spiro atoms. The molecular weight excluding hydrogens is 517 g/mol. The van der Waals surface area contributed by atoms with Crippen LogP contribution in [0.1, 0.15) is 22.5 Å². The minimum Gasteiger partial charge on any atom is -0.378 e. The molecule has 0 radical (unpaired) electrons. The summed E-state index contributed by atoms with van der Waals surface area (Å²) < 4.78 is 40.8. The number of rotatable bonds is 6. The van der Waals surface area contributed by atoms with E-state index in [1.54, 1.807) is 6.08 Å². The van der Waals surface area contributed by atoms with E-state index in [1.807, 2.05) is 67.7 Å². The Morgan fingerprint density at radius 2 is 1.74 bits per heavy atom. The second-order valence-electron chi connectivity index (χ2n) is 8.97. The molecule has 3 aromatic rings. The fourth-order valence-corrected chi connectivity index (χ4v) is 4.96. The second-order valence-corrected chi connectivity index (χ2v) is 9.96. The minimum absolute atomic E-state index is 0.0848. The van der Waals surface area contributed by atoms with Gasteiger partial charge in [-0.1, -0.05) is 6.07 Å². The molecule has 1 saturated heterocycles. The molecule has 38 heavy (non-hydrogen) atoms. The van der Waals surface area contributed by atoms with E-state index >= 15 is 0 Å². The van der Waals surface area contributed by atoms with Crippen molar-refractivity contribution in [2.24, 2.45) is 0 Å². The van der Waals surface area contributed by atoms with E-state index in [1.165, 1.54) is 6.07 Å². The Balaban J connectivity index is 1.50. The number of carbonyl (C=O) groups is 3. The number of hydrogen-bond acceptors (Lipinski definition) is 5. The molecule has 0 saturated carbocycles. The molecule has 0 atom stereocenters. The van der Waals surface area contributed by atoms with Crippen molar-refractivity contribution in [1.82, 2.24) is 9.47 Å². The van der Waals surface area contributed by atoms with Crippen LogP contribution in [0, 0.1) is 13.8 Å². The number of benzene rings is 2. The third-order valence-electron chi connectivity index (χ3n) is 6.03. The van der Waals surface area contributed by atoms with Crippen LogP contribution in [-0.4, -0.2) is 47.2 Å². The van der Waals surface area contributed by atoms with E-state index in [0.29, 0.717) is 11.8 Å². The predicted molar refractivity (Wildman–Crippen MR) is 142 cm³/mol. The van der Waals surface area contributed by atoms with Gasteiger partial charge in [-0.25, -0.2) is 0 Å². The van der Waals surface area contributed by atoms with E-state index in [9.17, 15) is 27.6 Å². The van der Waals surface area contributed by atoms with E-state index in [0.717, 1.165) is 51.4 Å². The molecule has 3 amide bonds. The zero-order valence-corrected chi connectivity index (χ0v) is 21.9. The lowest BCUT2D eigenvalue weighted by molar-refractivity contribution is -0.137. The second kappa shape index (κ2) is 10.4. The standard InChI is InChI=1S/C27H25F3N4O3S/c1-16-12-18(17(2)34(16)22-10-8-21(9-11-22)32(3)4)13-23-25(36)33(26(37)38-23)15-24(35)31-20-7-5-6-19(14-20)27(28,29)30/h5-14H,15H2,1-4H3,(H,31,35)/b23-13-. The Bertz CT molecular complexity index is 1440. The predicted octanol–water partition coefficient (Wildman–Crippen LogP) is 5.85. The van der Waals surface area contributed by atoms with Crippen LogP contribution < -0.4 is 10.2 Å². The van der Waals surface area contributed by atoms with E-state index in [4.69, 9.17) is 0 Å². The van der Waals surface area contributed by atoms with Crippen LogP contribution in [0.25, 0.3) is 11.8 Å². The first-order chi connectivity index (χ1) is 17.8. The quantitative estimate of drug-likeness (QED) is 0.396. The first-order valence-electron chi connectivity index (χ1n) is 11.5. The number of hydrogen-bond donors (Lipinski definition) is 1. The van der Waals surface area contributed by atoms with Gasteiger partial charge in [-0.3, -0.25) is 19.3 Å². The molecule has 0 unspecified atom stereocenters. The molecule has 198 valence electrons. The van der Waals surface area contributed by atoms with Gasteiger partial charge < -0.3 is 14.8 Å². The Kier molecular flexibility index (Phi) is 7.41. The van der Waals surface area contributed by atoms with Crippen molar-refractivity contribution in [2.45, 2.75) is 20.0 Å². The molecule has 2 heterocycles. The van der Waals surface area contributed by atoms with Crippen molar-refractivity contribution in [3.05, 3.63) is 82.0 Å². The summed E-state index contributed by atoms with van der Waals surface area (Å²) in [4.78, 5) is 40.8. The van der Waals surface area contributed by atoms with Crippen LogP contribution in [-0.2, 0) is 15.8 Å². The summed E-state index contributed by atoms with van der Waals surface area (Å²) in [5, 5.41) is 1.68. The van der Waals surface area contributed by atoms with Gasteiger partial charge >= 0.3 is 6.18 Å². The van der Waals surface area contributed by atoms with Gasteiger partial charge in [-0.2, -0.15) is 13.2 Å². The average Bonchev–Trinajstić information content (AvgIpc) is 3.27. The molecule has 0 aliphatic carbocycles. The molecule has 7 nitrogen and oxygen atoms in total. The summed E-state index contributed by atoms with van der Waals surface area (Å²) in [6.45, 7) is 3.23. The smallest absolute Gasteiger partial charge is 0.378 e. The van der Waals surface area contributed by atoms with E-state index < -0.39 is 35.3 Å². The topological polar surface area (TPSA) is 74.6 Å². The molecule has 1 fully saturated rings. The van der Waals surface area contributed by atoms with Gasteiger partial charge in [0.15, 0.2) is 0 Å². The number of nitrogens with zero attached hydrogens (tertiary/aromatic N) is 3. The van der Waals surface area contributed by atoms with Crippen molar-refractivity contribution in [2.75, 3.05) is 30.9 Å². The van der Waals surface area contributed by atoms with Crippen molar-refractivity contribution < 1.29 is 27.6 Å². The SMILES string of the molecule is Cc1cc(/C=C2\SC(=O)N(CC(=O)Nc3cccc(C(F)(F)F)c3)C2=O)c(C)n1-c1ccc(N(C)C)cc1. The number of thioether (sulfide) groups is 1. The number of aromatic nitrogens is 1. The van der Waals surface area contributed by atoms with Crippen LogP contribution in [0.15, 0.2) is 59.5 Å². The summed E-state index contributed by atoms with van der Waals surface area (Å²) in [7, 11) is 3.92. The minimum atomic E-state index is -4.57. The normalized spacial score (nSPS) is 14.9. The molecule has 1 aromatic heterocycles. The van der Waals surface area contributed by atoms with Crippen LogP contribution in [0.2, 0.25) is 0 Å². The zero-order valence-electron chi connectivity index (χ0n) is 21.1. The lowest BCUT2D eigenvalue weighted by Gasteiger charge is -2.15. The van der Waals surface area contributed by atoms with Crippen molar-refractivity contribution >= 4 is 46.3 Å². The number of halogens is 3. The van der Waals surface area contributed by atoms with Crippen molar-refractivity contribution in [3.63, 3.8) is 0 Å². The van der Waals surface area contributed by atoms with Crippen molar-refractivity contribution in [1.29, 1.82) is 0 Å². The maximum Gasteiger partial charge on any atom is 0.416 e. The number of aryl methyl sites for hydroxylation is 1. The monoisotopic (exact) mass is 542 g/mol. The zero-order chi connectivity index (χ0) is 27.8. The summed E-state index contributed by atoms with van der Waals surface area (Å²) in [6, 6.07) is 14.0. The van der Waals surface area contributed by atoms with Gasteiger partial charge in [-0.15, -0.1) is 0 Å². The molecule has 1 aliphatic rings. The Morgan fingerprint density at radius 1 is 1.05 bits per heavy atom. The third kappa shape index (κ3) is 5.62. The highest BCUT2D eigenvalue weighted by atomic mass is 32.2. The van der Waals surface area contributed by atoms with Crippen LogP contribution in [0.5, 0.6) is 0 Å². The van der Waals surface area contributed by atoms with Gasteiger partial charge in [-0.05, 0) is 85.8 Å². The third-order valence-corrected chi connectivity index (χ3v) is 6.94.